The summed E-state index contributed by atoms with van der Waals surface area (Å²) >= 11 is 6.92. The quantitative estimate of drug-likeness (QED) is 0.567. The Morgan fingerprint density at radius 2 is 1.88 bits per heavy atom. The van der Waals surface area contributed by atoms with Crippen molar-refractivity contribution in [2.24, 2.45) is 0 Å². The van der Waals surface area contributed by atoms with E-state index in [1.807, 2.05) is 13.8 Å². The number of thiazole rings is 1. The van der Waals surface area contributed by atoms with E-state index in [1.54, 1.807) is 5.38 Å². The van der Waals surface area contributed by atoms with Gasteiger partial charge in [0.1, 0.15) is 10.5 Å². The van der Waals surface area contributed by atoms with Crippen LogP contribution in [0, 0.1) is 0 Å². The molecule has 12 heteroatoms. The molecule has 0 saturated heterocycles. The van der Waals surface area contributed by atoms with E-state index in [2.05, 4.69) is 15.6 Å². The van der Waals surface area contributed by atoms with Crippen molar-refractivity contribution in [2.75, 3.05) is 7.05 Å². The molecule has 1 aromatic heterocycles. The molecule has 1 aromatic carbocycles. The fraction of sp³-hybridized carbons (Fsp3) is 0.429. The summed E-state index contributed by atoms with van der Waals surface area (Å²) in [6, 6.07) is 1.58. The van der Waals surface area contributed by atoms with Crippen molar-refractivity contribution in [1.82, 2.24) is 20.5 Å². The maximum atomic E-state index is 13.1. The first-order chi connectivity index (χ1) is 15.6. The number of benzene rings is 1. The normalized spacial score (nSPS) is 14.5. The minimum absolute atomic E-state index is 0.00261. The number of nitrogens with one attached hydrogen (secondary N) is 2. The molecule has 1 aliphatic heterocycles. The molecule has 33 heavy (non-hydrogen) atoms. The Morgan fingerprint density at radius 3 is 2.39 bits per heavy atom. The van der Waals surface area contributed by atoms with Crippen LogP contribution in [0.5, 0.6) is 0 Å². The first-order valence-corrected chi connectivity index (χ1v) is 11.4. The molecule has 2 aromatic rings. The molecule has 1 unspecified atom stereocenters. The van der Waals surface area contributed by atoms with Crippen molar-refractivity contribution < 1.29 is 27.6 Å². The van der Waals surface area contributed by atoms with Crippen LogP contribution in [-0.2, 0) is 34.4 Å². The van der Waals surface area contributed by atoms with E-state index < -0.39 is 28.3 Å². The number of hydrogen-bond acceptors (Lipinski definition) is 5. The highest BCUT2D eigenvalue weighted by molar-refractivity contribution is 7.09. The minimum atomic E-state index is -4.59. The van der Waals surface area contributed by atoms with Gasteiger partial charge in [-0.2, -0.15) is 13.2 Å². The van der Waals surface area contributed by atoms with Crippen molar-refractivity contribution in [2.45, 2.75) is 51.5 Å². The lowest BCUT2D eigenvalue weighted by atomic mass is 9.95. The van der Waals surface area contributed by atoms with Crippen LogP contribution in [-0.4, -0.2) is 35.2 Å². The van der Waals surface area contributed by atoms with Crippen LogP contribution in [0.15, 0.2) is 23.7 Å². The van der Waals surface area contributed by atoms with Gasteiger partial charge in [-0.1, -0.05) is 25.4 Å². The third kappa shape index (κ3) is 6.02. The number of aldehydes is 1. The topological polar surface area (TPSA) is 91.4 Å². The third-order valence-electron chi connectivity index (χ3n) is 4.98. The summed E-state index contributed by atoms with van der Waals surface area (Å²) in [6.45, 7) is 4.11. The Balaban J connectivity index is 0.00000187. The highest BCUT2D eigenvalue weighted by Gasteiger charge is 2.39. The molecular weight excluding hydrogens is 481 g/mol. The third-order valence-corrected chi connectivity index (χ3v) is 6.25. The van der Waals surface area contributed by atoms with Crippen LogP contribution in [0.1, 0.15) is 48.4 Å². The fourth-order valence-electron chi connectivity index (χ4n) is 3.35. The molecule has 0 fully saturated rings. The lowest BCUT2D eigenvalue weighted by Gasteiger charge is -2.27. The highest BCUT2D eigenvalue weighted by atomic mass is 35.5. The molecule has 7 nitrogen and oxygen atoms in total. The van der Waals surface area contributed by atoms with Gasteiger partial charge in [0, 0.05) is 38.1 Å². The lowest BCUT2D eigenvalue weighted by Crippen LogP contribution is -2.51. The summed E-state index contributed by atoms with van der Waals surface area (Å²) in [5, 5.41) is 6.45. The van der Waals surface area contributed by atoms with Crippen LogP contribution in [0.2, 0.25) is 5.02 Å². The van der Waals surface area contributed by atoms with Crippen molar-refractivity contribution >= 4 is 41.2 Å². The van der Waals surface area contributed by atoms with Crippen molar-refractivity contribution in [3.63, 3.8) is 0 Å². The van der Waals surface area contributed by atoms with Gasteiger partial charge in [-0.15, -0.1) is 11.3 Å². The van der Waals surface area contributed by atoms with Crippen LogP contribution >= 0.6 is 22.9 Å². The predicted molar refractivity (Wildman–Crippen MR) is 119 cm³/mol. The summed E-state index contributed by atoms with van der Waals surface area (Å²) in [4.78, 5) is 42.1. The average molecular weight is 505 g/mol. The number of rotatable bonds is 6. The number of halogens is 4. The van der Waals surface area contributed by atoms with Gasteiger partial charge in [0.05, 0.1) is 10.6 Å². The number of carbonyl (C=O) groups excluding carboxylic acids is 3. The predicted octanol–water partition coefficient (Wildman–Crippen LogP) is 4.49. The number of fused-ring (bicyclic) bond motifs is 1. The summed E-state index contributed by atoms with van der Waals surface area (Å²) in [7, 11) is 1.39. The van der Waals surface area contributed by atoms with Crippen LogP contribution in [0.25, 0.3) is 0 Å². The van der Waals surface area contributed by atoms with Crippen molar-refractivity contribution in [3.05, 3.63) is 50.4 Å². The molecule has 0 saturated carbocycles. The number of carbonyl (C=O) groups is 3. The standard InChI is InChI=1S/C19H18ClF3N4O3S.C2H6/c1-24-17(30)26-18(10-28,16-25-4-5-31-16)3-2-15(29)27-8-11-6-13(19(21,22)23)14(20)7-12(11)9-27;1-2/h4-7,10H,2-3,8-9H2,1H3,(H2,24,26,30);1-2H3. The van der Waals surface area contributed by atoms with Crippen LogP contribution < -0.4 is 10.6 Å². The number of urea groups is 1. The molecule has 0 aliphatic carbocycles. The summed E-state index contributed by atoms with van der Waals surface area (Å²) in [5.41, 5.74) is -1.53. The van der Waals surface area contributed by atoms with E-state index in [1.165, 1.54) is 24.2 Å². The lowest BCUT2D eigenvalue weighted by molar-refractivity contribution is -0.137. The van der Waals surface area contributed by atoms with Crippen molar-refractivity contribution in [1.29, 1.82) is 0 Å². The van der Waals surface area contributed by atoms with E-state index >= 15 is 0 Å². The van der Waals surface area contributed by atoms with Crippen LogP contribution in [0.3, 0.4) is 0 Å². The second kappa shape index (κ2) is 11.0. The Hall–Kier alpha value is -2.66. The zero-order chi connectivity index (χ0) is 24.8. The molecule has 180 valence electrons. The monoisotopic (exact) mass is 504 g/mol. The van der Waals surface area contributed by atoms with Gasteiger partial charge in [0.2, 0.25) is 5.91 Å². The highest BCUT2D eigenvalue weighted by Crippen LogP contribution is 2.38. The molecule has 0 spiro atoms. The Morgan fingerprint density at radius 1 is 1.24 bits per heavy atom. The molecule has 2 heterocycles. The van der Waals surface area contributed by atoms with E-state index in [-0.39, 0.29) is 31.8 Å². The van der Waals surface area contributed by atoms with Gasteiger partial charge < -0.3 is 20.3 Å². The van der Waals surface area contributed by atoms with Crippen LogP contribution in [0.4, 0.5) is 18.0 Å². The largest absolute Gasteiger partial charge is 0.417 e. The average Bonchev–Trinajstić information content (AvgIpc) is 3.46. The summed E-state index contributed by atoms with van der Waals surface area (Å²) in [6.07, 6.45) is -2.77. The Labute approximate surface area is 198 Å². The second-order valence-electron chi connectivity index (χ2n) is 6.98. The zero-order valence-corrected chi connectivity index (χ0v) is 19.8. The van der Waals surface area contributed by atoms with E-state index in [9.17, 15) is 27.6 Å². The van der Waals surface area contributed by atoms with Gasteiger partial charge >= 0.3 is 12.2 Å². The SMILES string of the molecule is CC.CNC(=O)NC(C=O)(CCC(=O)N1Cc2cc(Cl)c(C(F)(F)F)cc2C1)c1nccs1. The second-order valence-corrected chi connectivity index (χ2v) is 8.28. The number of nitrogens with zero attached hydrogens (tertiary/aromatic N) is 2. The van der Waals surface area contributed by atoms with E-state index in [0.29, 0.717) is 22.4 Å². The van der Waals surface area contributed by atoms with Gasteiger partial charge in [-0.25, -0.2) is 9.78 Å². The molecule has 3 rings (SSSR count). The van der Waals surface area contributed by atoms with Gasteiger partial charge in [-0.05, 0) is 29.7 Å². The van der Waals surface area contributed by atoms with Gasteiger partial charge in [0.15, 0.2) is 6.29 Å². The number of hydrogen-bond donors (Lipinski definition) is 2. The van der Waals surface area contributed by atoms with Gasteiger partial charge in [-0.3, -0.25) is 4.79 Å². The molecule has 1 aliphatic rings. The molecular formula is C21H24ClF3N4O3S. The molecule has 3 amide bonds. The van der Waals surface area contributed by atoms with E-state index in [0.717, 1.165) is 17.4 Å². The van der Waals surface area contributed by atoms with Crippen molar-refractivity contribution in [3.8, 4) is 0 Å². The maximum absolute atomic E-state index is 13.1. The van der Waals surface area contributed by atoms with E-state index in [4.69, 9.17) is 11.6 Å². The molecule has 0 radical (unpaired) electrons. The zero-order valence-electron chi connectivity index (χ0n) is 18.3. The maximum Gasteiger partial charge on any atom is 0.417 e. The first-order valence-electron chi connectivity index (χ1n) is 10.1. The first kappa shape index (κ1) is 26.6. The fourth-order valence-corrected chi connectivity index (χ4v) is 4.42. The minimum Gasteiger partial charge on any atom is -0.341 e. The number of amides is 3. The summed E-state index contributed by atoms with van der Waals surface area (Å²) < 4.78 is 39.3. The Bertz CT molecular complexity index is 1000. The molecule has 2 N–H and O–H groups in total. The number of alkyl halides is 3. The molecule has 0 bridgehead atoms. The number of aromatic nitrogens is 1. The summed E-state index contributed by atoms with van der Waals surface area (Å²) in [5.74, 6) is -0.373. The smallest absolute Gasteiger partial charge is 0.341 e. The molecule has 1 atom stereocenters. The Kier molecular flexibility index (Phi) is 8.84. The van der Waals surface area contributed by atoms with Gasteiger partial charge in [0.25, 0.3) is 0 Å².